The summed E-state index contributed by atoms with van der Waals surface area (Å²) in [6, 6.07) is 0. The molecule has 1 aliphatic rings. The topological polar surface area (TPSA) is 38.4 Å². The average molecular weight is 162 g/mol. The van der Waals surface area contributed by atoms with Gasteiger partial charge in [-0.25, -0.2) is 4.99 Å². The van der Waals surface area contributed by atoms with Crippen molar-refractivity contribution in [3.63, 3.8) is 0 Å². The Kier molecular flexibility index (Phi) is 2.86. The van der Waals surface area contributed by atoms with Gasteiger partial charge in [0.15, 0.2) is 0 Å². The summed E-state index contributed by atoms with van der Waals surface area (Å²) in [6.07, 6.45) is 7.48. The van der Waals surface area contributed by atoms with Crippen molar-refractivity contribution in [1.29, 1.82) is 0 Å². The maximum absolute atomic E-state index is 5.60. The fourth-order valence-electron chi connectivity index (χ4n) is 1.10. The molecular weight excluding hydrogens is 148 g/mol. The van der Waals surface area contributed by atoms with E-state index >= 15 is 0 Å². The number of hydrogen-bond acceptors (Lipinski definition) is 2. The molecule has 0 aromatic heterocycles. The molecule has 2 heteroatoms. The number of rotatable bonds is 2. The minimum absolute atomic E-state index is 0.563. The van der Waals surface area contributed by atoms with Crippen LogP contribution in [0.4, 0.5) is 0 Å². The van der Waals surface area contributed by atoms with Crippen molar-refractivity contribution in [2.24, 2.45) is 10.7 Å². The fourth-order valence-corrected chi connectivity index (χ4v) is 1.10. The van der Waals surface area contributed by atoms with E-state index in [0.717, 1.165) is 18.4 Å². The Bertz CT molecular complexity index is 270. The number of hydrogen-bond donors (Lipinski definition) is 1. The SMILES string of the molecule is C=CC1=CC(N)=NC=C(CC)C1. The molecule has 0 unspecified atom stereocenters. The van der Waals surface area contributed by atoms with Crippen LogP contribution in [0.2, 0.25) is 0 Å². The number of nitrogens with zero attached hydrogens (tertiary/aromatic N) is 1. The Hall–Kier alpha value is -1.31. The van der Waals surface area contributed by atoms with Crippen molar-refractivity contribution in [2.75, 3.05) is 0 Å². The number of nitrogens with two attached hydrogens (primary N) is 1. The van der Waals surface area contributed by atoms with E-state index < -0.39 is 0 Å². The van der Waals surface area contributed by atoms with Crippen LogP contribution in [0.3, 0.4) is 0 Å². The molecule has 12 heavy (non-hydrogen) atoms. The van der Waals surface area contributed by atoms with Crippen LogP contribution in [0, 0.1) is 0 Å². The van der Waals surface area contributed by atoms with E-state index in [1.54, 1.807) is 0 Å². The minimum Gasteiger partial charge on any atom is -0.384 e. The normalized spacial score (nSPS) is 17.2. The van der Waals surface area contributed by atoms with Crippen LogP contribution in [0.5, 0.6) is 0 Å². The van der Waals surface area contributed by atoms with Crippen molar-refractivity contribution in [3.8, 4) is 0 Å². The third-order valence-corrected chi connectivity index (χ3v) is 1.88. The van der Waals surface area contributed by atoms with E-state index in [1.807, 2.05) is 18.4 Å². The summed E-state index contributed by atoms with van der Waals surface area (Å²) in [5, 5.41) is 0. The maximum atomic E-state index is 5.60. The standard InChI is InChI=1S/C10H14N2/c1-3-8-5-9(4-2)7-12-10(11)6-8/h3,6-7H,1,4-5H2,2H3,(H2,11,12). The third kappa shape index (κ3) is 2.09. The van der Waals surface area contributed by atoms with E-state index in [-0.39, 0.29) is 0 Å². The largest absolute Gasteiger partial charge is 0.384 e. The lowest BCUT2D eigenvalue weighted by Crippen LogP contribution is -2.06. The summed E-state index contributed by atoms with van der Waals surface area (Å²) in [5.41, 5.74) is 8.03. The first-order valence-electron chi connectivity index (χ1n) is 4.10. The minimum atomic E-state index is 0.563. The van der Waals surface area contributed by atoms with Crippen molar-refractivity contribution in [1.82, 2.24) is 0 Å². The second kappa shape index (κ2) is 3.90. The van der Waals surface area contributed by atoms with Gasteiger partial charge in [0, 0.05) is 6.20 Å². The first-order chi connectivity index (χ1) is 5.76. The molecule has 1 heterocycles. The van der Waals surface area contributed by atoms with Crippen molar-refractivity contribution in [2.45, 2.75) is 19.8 Å². The van der Waals surface area contributed by atoms with Gasteiger partial charge < -0.3 is 5.73 Å². The molecule has 0 amide bonds. The molecule has 0 aromatic rings. The molecule has 0 spiro atoms. The fraction of sp³-hybridized carbons (Fsp3) is 0.300. The molecule has 0 atom stereocenters. The van der Waals surface area contributed by atoms with Crippen LogP contribution < -0.4 is 5.73 Å². The maximum Gasteiger partial charge on any atom is 0.123 e. The zero-order valence-electron chi connectivity index (χ0n) is 7.38. The molecule has 2 nitrogen and oxygen atoms in total. The molecule has 0 aliphatic carbocycles. The van der Waals surface area contributed by atoms with Crippen LogP contribution in [-0.4, -0.2) is 5.84 Å². The van der Waals surface area contributed by atoms with E-state index in [0.29, 0.717) is 5.84 Å². The van der Waals surface area contributed by atoms with Gasteiger partial charge in [0.25, 0.3) is 0 Å². The van der Waals surface area contributed by atoms with E-state index in [4.69, 9.17) is 5.73 Å². The predicted octanol–water partition coefficient (Wildman–Crippen LogP) is 2.15. The first-order valence-corrected chi connectivity index (χ1v) is 4.10. The van der Waals surface area contributed by atoms with Crippen LogP contribution in [0.1, 0.15) is 19.8 Å². The number of aliphatic imine (C=N–C) groups is 1. The monoisotopic (exact) mass is 162 g/mol. The Balaban J connectivity index is 2.91. The second-order valence-electron chi connectivity index (χ2n) is 2.80. The Labute approximate surface area is 73.2 Å². The molecule has 0 radical (unpaired) electrons. The Morgan fingerprint density at radius 3 is 3.08 bits per heavy atom. The van der Waals surface area contributed by atoms with Gasteiger partial charge in [0.05, 0.1) is 0 Å². The molecule has 1 rings (SSSR count). The zero-order valence-corrected chi connectivity index (χ0v) is 7.38. The molecule has 64 valence electrons. The van der Waals surface area contributed by atoms with E-state index in [2.05, 4.69) is 18.5 Å². The molecule has 0 bridgehead atoms. The molecule has 0 fully saturated rings. The molecule has 0 saturated carbocycles. The summed E-state index contributed by atoms with van der Waals surface area (Å²) < 4.78 is 0. The Morgan fingerprint density at radius 1 is 1.75 bits per heavy atom. The van der Waals surface area contributed by atoms with Crippen molar-refractivity contribution >= 4 is 5.84 Å². The average Bonchev–Trinajstić information content (AvgIpc) is 2.26. The first kappa shape index (κ1) is 8.78. The number of amidine groups is 1. The summed E-state index contributed by atoms with van der Waals surface area (Å²) in [5.74, 6) is 0.563. The summed E-state index contributed by atoms with van der Waals surface area (Å²) in [6.45, 7) is 5.84. The van der Waals surface area contributed by atoms with Gasteiger partial charge >= 0.3 is 0 Å². The number of allylic oxidation sites excluding steroid dienone is 3. The van der Waals surface area contributed by atoms with Gasteiger partial charge in [-0.05, 0) is 30.1 Å². The van der Waals surface area contributed by atoms with Crippen LogP contribution in [0.15, 0.2) is 41.1 Å². The van der Waals surface area contributed by atoms with Crippen LogP contribution >= 0.6 is 0 Å². The van der Waals surface area contributed by atoms with Gasteiger partial charge in [-0.15, -0.1) is 0 Å². The third-order valence-electron chi connectivity index (χ3n) is 1.88. The summed E-state index contributed by atoms with van der Waals surface area (Å²) in [7, 11) is 0. The van der Waals surface area contributed by atoms with Gasteiger partial charge in [-0.2, -0.15) is 0 Å². The van der Waals surface area contributed by atoms with Crippen LogP contribution in [-0.2, 0) is 0 Å². The van der Waals surface area contributed by atoms with Gasteiger partial charge in [-0.1, -0.05) is 19.6 Å². The highest BCUT2D eigenvalue weighted by Gasteiger charge is 2.01. The van der Waals surface area contributed by atoms with E-state index in [1.165, 1.54) is 5.57 Å². The highest BCUT2D eigenvalue weighted by Crippen LogP contribution is 2.17. The Morgan fingerprint density at radius 2 is 2.50 bits per heavy atom. The van der Waals surface area contributed by atoms with Gasteiger partial charge in [0.2, 0.25) is 0 Å². The molecule has 0 aromatic carbocycles. The molecular formula is C10H14N2. The predicted molar refractivity (Wildman–Crippen MR) is 52.9 cm³/mol. The summed E-state index contributed by atoms with van der Waals surface area (Å²) in [4.78, 5) is 4.08. The van der Waals surface area contributed by atoms with Gasteiger partial charge in [0.1, 0.15) is 5.84 Å². The second-order valence-corrected chi connectivity index (χ2v) is 2.80. The summed E-state index contributed by atoms with van der Waals surface area (Å²) >= 11 is 0. The van der Waals surface area contributed by atoms with Gasteiger partial charge in [-0.3, -0.25) is 0 Å². The lowest BCUT2D eigenvalue weighted by molar-refractivity contribution is 1.00. The zero-order chi connectivity index (χ0) is 8.97. The van der Waals surface area contributed by atoms with Crippen LogP contribution in [0.25, 0.3) is 0 Å². The molecule has 2 N–H and O–H groups in total. The highest BCUT2D eigenvalue weighted by molar-refractivity contribution is 5.93. The quantitative estimate of drug-likeness (QED) is 0.663. The highest BCUT2D eigenvalue weighted by atomic mass is 14.8. The lowest BCUT2D eigenvalue weighted by atomic mass is 10.0. The van der Waals surface area contributed by atoms with Crippen molar-refractivity contribution < 1.29 is 0 Å². The van der Waals surface area contributed by atoms with E-state index in [9.17, 15) is 0 Å². The van der Waals surface area contributed by atoms with Crippen molar-refractivity contribution in [3.05, 3.63) is 36.1 Å². The molecule has 0 saturated heterocycles. The lowest BCUT2D eigenvalue weighted by Gasteiger charge is -2.00. The molecule has 1 aliphatic heterocycles. The smallest absolute Gasteiger partial charge is 0.123 e.